The van der Waals surface area contributed by atoms with Gasteiger partial charge in [-0.1, -0.05) is 96.7 Å². The summed E-state index contributed by atoms with van der Waals surface area (Å²) in [5.41, 5.74) is 6.37. The second-order valence-corrected chi connectivity index (χ2v) is 13.6. The van der Waals surface area contributed by atoms with Crippen molar-refractivity contribution in [2.24, 2.45) is 0 Å². The molecule has 3 atom stereocenters. The number of pyridine rings is 1. The van der Waals surface area contributed by atoms with Crippen LogP contribution in [-0.4, -0.2) is 23.0 Å². The molecule has 3 N–H and O–H groups in total. The summed E-state index contributed by atoms with van der Waals surface area (Å²) in [6, 6.07) is 45.8. The lowest BCUT2D eigenvalue weighted by Crippen LogP contribution is -2.32. The van der Waals surface area contributed by atoms with Crippen LogP contribution in [0.1, 0.15) is 41.1 Å². The molecule has 1 aliphatic heterocycles. The summed E-state index contributed by atoms with van der Waals surface area (Å²) in [5, 5.41) is 28.2. The zero-order valence-electron chi connectivity index (χ0n) is 28.8. The first-order chi connectivity index (χ1) is 26.0. The number of urea groups is 1. The van der Waals surface area contributed by atoms with Gasteiger partial charge in [0, 0.05) is 42.1 Å². The third-order valence-electron chi connectivity index (χ3n) is 8.81. The van der Waals surface area contributed by atoms with Gasteiger partial charge in [0.05, 0.1) is 18.8 Å². The van der Waals surface area contributed by atoms with Gasteiger partial charge in [-0.25, -0.2) is 4.79 Å². The summed E-state index contributed by atoms with van der Waals surface area (Å²) < 4.78 is 19.7. The molecule has 2 amide bonds. The molecule has 0 saturated carbocycles. The van der Waals surface area contributed by atoms with E-state index < -0.39 is 6.29 Å². The highest BCUT2D eigenvalue weighted by Gasteiger charge is 2.32. The maximum atomic E-state index is 12.7. The van der Waals surface area contributed by atoms with Crippen LogP contribution < -0.4 is 20.1 Å². The number of carbonyl (C=O) groups is 1. The van der Waals surface area contributed by atoms with Gasteiger partial charge in [-0.2, -0.15) is 4.73 Å². The molecule has 10 heteroatoms. The third-order valence-corrected chi connectivity index (χ3v) is 9.96. The molecule has 9 nitrogen and oxygen atoms in total. The van der Waals surface area contributed by atoms with Crippen LogP contribution in [0.5, 0.6) is 11.5 Å². The van der Waals surface area contributed by atoms with Crippen molar-refractivity contribution in [2.75, 3.05) is 11.1 Å². The summed E-state index contributed by atoms with van der Waals surface area (Å²) in [4.78, 5) is 12.7. The molecule has 5 aromatic carbocycles. The number of carbonyl (C=O) groups excluding carboxylic acids is 1. The summed E-state index contributed by atoms with van der Waals surface area (Å²) in [5.74, 6) is 2.02. The lowest BCUT2D eigenvalue weighted by atomic mass is 9.99. The highest BCUT2D eigenvalue weighted by atomic mass is 32.2. The second kappa shape index (κ2) is 17.2. The molecule has 6 aromatic rings. The third kappa shape index (κ3) is 9.62. The Balaban J connectivity index is 0.974. The Kier molecular flexibility index (Phi) is 11.6. The van der Waals surface area contributed by atoms with Crippen LogP contribution in [0, 0.1) is 5.21 Å². The zero-order chi connectivity index (χ0) is 36.4. The van der Waals surface area contributed by atoms with Crippen molar-refractivity contribution in [2.45, 2.75) is 43.1 Å². The minimum atomic E-state index is -0.609. The number of anilines is 1. The average Bonchev–Trinajstić information content (AvgIpc) is 3.21. The van der Waals surface area contributed by atoms with E-state index in [4.69, 9.17) is 14.2 Å². The van der Waals surface area contributed by atoms with E-state index in [-0.39, 0.29) is 24.8 Å². The largest absolute Gasteiger partial charge is 0.618 e. The van der Waals surface area contributed by atoms with E-state index in [1.54, 1.807) is 24.3 Å². The van der Waals surface area contributed by atoms with Gasteiger partial charge in [0.15, 0.2) is 12.5 Å². The highest BCUT2D eigenvalue weighted by molar-refractivity contribution is 7.99. The van der Waals surface area contributed by atoms with Crippen molar-refractivity contribution in [1.82, 2.24) is 5.32 Å². The number of para-hydroxylation sites is 1. The Labute approximate surface area is 312 Å². The number of benzene rings is 5. The minimum Gasteiger partial charge on any atom is -0.618 e. The topological polar surface area (TPSA) is 116 Å². The molecule has 0 bridgehead atoms. The number of aliphatic hydroxyl groups is 1. The Bertz CT molecular complexity index is 2100. The number of hydrogen-bond donors (Lipinski definition) is 3. The first-order valence-electron chi connectivity index (χ1n) is 17.4. The summed E-state index contributed by atoms with van der Waals surface area (Å²) in [6.45, 7) is 0.331. The van der Waals surface area contributed by atoms with Crippen molar-refractivity contribution in [3.63, 3.8) is 0 Å². The van der Waals surface area contributed by atoms with Gasteiger partial charge in [-0.05, 0) is 76.3 Å². The molecule has 2 heterocycles. The molecule has 53 heavy (non-hydrogen) atoms. The van der Waals surface area contributed by atoms with Gasteiger partial charge in [-0.3, -0.25) is 0 Å². The smallest absolute Gasteiger partial charge is 0.319 e. The Morgan fingerprint density at radius 2 is 1.51 bits per heavy atom. The number of nitrogens with zero attached hydrogens (tertiary/aromatic N) is 1. The summed E-state index contributed by atoms with van der Waals surface area (Å²) in [6.07, 6.45) is 1.12. The Morgan fingerprint density at radius 3 is 2.26 bits per heavy atom. The van der Waals surface area contributed by atoms with E-state index in [2.05, 4.69) is 16.7 Å². The number of ether oxygens (including phenoxy) is 3. The first kappa shape index (κ1) is 35.7. The molecular weight excluding hydrogens is 687 g/mol. The molecule has 1 fully saturated rings. The fourth-order valence-electron chi connectivity index (χ4n) is 6.01. The predicted octanol–water partition coefficient (Wildman–Crippen LogP) is 8.93. The van der Waals surface area contributed by atoms with Crippen LogP contribution in [-0.2, 0) is 22.6 Å². The van der Waals surface area contributed by atoms with Gasteiger partial charge in [0.1, 0.15) is 11.5 Å². The van der Waals surface area contributed by atoms with Gasteiger partial charge < -0.3 is 35.2 Å². The van der Waals surface area contributed by atoms with Gasteiger partial charge >= 0.3 is 6.03 Å². The van der Waals surface area contributed by atoms with E-state index in [9.17, 15) is 15.1 Å². The highest BCUT2D eigenvalue weighted by Crippen LogP contribution is 2.39. The van der Waals surface area contributed by atoms with Crippen molar-refractivity contribution in [1.29, 1.82) is 0 Å². The van der Waals surface area contributed by atoms with E-state index in [1.807, 2.05) is 115 Å². The molecule has 0 radical (unpaired) electrons. The lowest BCUT2D eigenvalue weighted by molar-refractivity contribution is -0.645. The molecule has 1 aliphatic rings. The normalized spacial score (nSPS) is 16.8. The van der Waals surface area contributed by atoms with Gasteiger partial charge in [0.25, 0.3) is 5.03 Å². The van der Waals surface area contributed by atoms with Gasteiger partial charge in [-0.15, -0.1) is 0 Å². The lowest BCUT2D eigenvalue weighted by Gasteiger charge is -2.36. The number of aromatic nitrogens is 1. The molecule has 0 spiro atoms. The van der Waals surface area contributed by atoms with E-state index in [0.29, 0.717) is 35.2 Å². The number of thioether (sulfide) groups is 1. The standard InChI is InChI=1S/C43H39N3O6S/c47-28-30-12-14-33(15-13-30)40-26-39(29-53-41-11-4-5-24-46(41)49)51-42(52-40)34-18-16-32(17-19-34)35-8-6-7-31(25-35)27-44-43(48)45-36-20-22-38(23-21-36)50-37-9-2-1-3-10-37/h1-25,39-40,42,47H,26-29H2,(H2,44,45,48). The number of nitrogens with one attached hydrogen (secondary N) is 2. The van der Waals surface area contributed by atoms with Crippen LogP contribution in [0.25, 0.3) is 11.1 Å². The minimum absolute atomic E-state index is 0.0220. The van der Waals surface area contributed by atoms with Crippen LogP contribution >= 0.6 is 11.8 Å². The first-order valence-corrected chi connectivity index (χ1v) is 18.4. The van der Waals surface area contributed by atoms with E-state index in [1.165, 1.54) is 18.0 Å². The van der Waals surface area contributed by atoms with Crippen molar-refractivity contribution in [3.05, 3.63) is 179 Å². The molecule has 1 saturated heterocycles. The maximum absolute atomic E-state index is 12.7. The molecular formula is C43H39N3O6S. The molecule has 7 rings (SSSR count). The fourth-order valence-corrected chi connectivity index (χ4v) is 6.94. The van der Waals surface area contributed by atoms with Crippen LogP contribution in [0.2, 0.25) is 0 Å². The van der Waals surface area contributed by atoms with E-state index in [0.717, 1.165) is 43.9 Å². The summed E-state index contributed by atoms with van der Waals surface area (Å²) in [7, 11) is 0. The van der Waals surface area contributed by atoms with Gasteiger partial charge in [0.2, 0.25) is 0 Å². The van der Waals surface area contributed by atoms with Crippen molar-refractivity contribution in [3.8, 4) is 22.6 Å². The van der Waals surface area contributed by atoms with Crippen molar-refractivity contribution < 1.29 is 28.8 Å². The molecule has 268 valence electrons. The number of amides is 2. The Morgan fingerprint density at radius 1 is 0.774 bits per heavy atom. The number of rotatable bonds is 12. The van der Waals surface area contributed by atoms with Crippen LogP contribution in [0.15, 0.2) is 157 Å². The van der Waals surface area contributed by atoms with Crippen molar-refractivity contribution >= 4 is 23.5 Å². The summed E-state index contributed by atoms with van der Waals surface area (Å²) >= 11 is 1.46. The SMILES string of the molecule is O=C(NCc1cccc(-c2ccc(C3OC(CSc4cccc[n+]4[O-])CC(c4ccc(CO)cc4)O3)cc2)c1)Nc1ccc(Oc2ccccc2)cc1. The van der Waals surface area contributed by atoms with E-state index >= 15 is 0 Å². The quantitative estimate of drug-likeness (QED) is 0.0656. The number of aliphatic hydroxyl groups excluding tert-OH is 1. The Hall–Kier alpha value is -5.65. The zero-order valence-corrected chi connectivity index (χ0v) is 29.7. The maximum Gasteiger partial charge on any atom is 0.319 e. The average molecular weight is 726 g/mol. The van der Waals surface area contributed by atoms with Crippen LogP contribution in [0.4, 0.5) is 10.5 Å². The molecule has 1 aromatic heterocycles. The second-order valence-electron chi connectivity index (χ2n) is 12.6. The van der Waals surface area contributed by atoms with Crippen LogP contribution in [0.3, 0.4) is 0 Å². The number of hydrogen-bond acceptors (Lipinski definition) is 7. The monoisotopic (exact) mass is 725 g/mol. The fraction of sp³-hybridized carbons (Fsp3) is 0.163. The molecule has 3 unspecified atom stereocenters. The molecule has 0 aliphatic carbocycles. The predicted molar refractivity (Wildman–Crippen MR) is 205 cm³/mol.